The molecule has 0 aliphatic carbocycles. The van der Waals surface area contributed by atoms with Gasteiger partial charge in [0.1, 0.15) is 5.82 Å². The van der Waals surface area contributed by atoms with Crippen molar-refractivity contribution >= 4 is 5.82 Å². The van der Waals surface area contributed by atoms with E-state index in [-0.39, 0.29) is 12.1 Å². The molecule has 1 aromatic heterocycles. The maximum absolute atomic E-state index is 6.08. The van der Waals surface area contributed by atoms with E-state index in [2.05, 4.69) is 38.0 Å². The molecule has 2 unspecified atom stereocenters. The Morgan fingerprint density at radius 3 is 2.58 bits per heavy atom. The molecule has 0 spiro atoms. The fraction of sp³-hybridized carbons (Fsp3) is 0.667. The summed E-state index contributed by atoms with van der Waals surface area (Å²) in [5.74, 6) is 0.995. The van der Waals surface area contributed by atoms with Crippen molar-refractivity contribution in [2.24, 2.45) is 5.92 Å². The second-order valence-corrected chi connectivity index (χ2v) is 5.30. The van der Waals surface area contributed by atoms with Crippen molar-refractivity contribution in [1.29, 1.82) is 0 Å². The molecule has 0 saturated heterocycles. The SMILES string of the molecule is CCCNC(c1c(C)ccnc1N)C(OC)C(C)C. The smallest absolute Gasteiger partial charge is 0.128 e. The molecule has 1 aromatic rings. The molecule has 19 heavy (non-hydrogen) atoms. The molecule has 0 aliphatic heterocycles. The van der Waals surface area contributed by atoms with Crippen LogP contribution < -0.4 is 11.1 Å². The number of methoxy groups -OCH3 is 1. The second-order valence-electron chi connectivity index (χ2n) is 5.30. The largest absolute Gasteiger partial charge is 0.383 e. The van der Waals surface area contributed by atoms with Gasteiger partial charge in [-0.2, -0.15) is 0 Å². The van der Waals surface area contributed by atoms with Crippen molar-refractivity contribution < 1.29 is 4.74 Å². The number of nitrogens with two attached hydrogens (primary N) is 1. The Morgan fingerprint density at radius 2 is 2.11 bits per heavy atom. The van der Waals surface area contributed by atoms with Crippen LogP contribution in [0.5, 0.6) is 0 Å². The Hall–Kier alpha value is -1.13. The number of aryl methyl sites for hydroxylation is 1. The van der Waals surface area contributed by atoms with E-state index in [1.54, 1.807) is 13.3 Å². The van der Waals surface area contributed by atoms with Gasteiger partial charge in [-0.3, -0.25) is 0 Å². The van der Waals surface area contributed by atoms with Crippen LogP contribution in [0, 0.1) is 12.8 Å². The van der Waals surface area contributed by atoms with Crippen LogP contribution in [0.15, 0.2) is 12.3 Å². The molecular formula is C15H27N3O. The standard InChI is InChI=1S/C15H27N3O/c1-6-8-17-13(14(19-5)10(2)3)12-11(4)7-9-18-15(12)16/h7,9-10,13-14,17H,6,8H2,1-5H3,(H2,16,18). The summed E-state index contributed by atoms with van der Waals surface area (Å²) in [6.07, 6.45) is 2.91. The second kappa shape index (κ2) is 7.46. The first-order valence-electron chi connectivity index (χ1n) is 7.00. The van der Waals surface area contributed by atoms with Crippen molar-refractivity contribution in [2.75, 3.05) is 19.4 Å². The average molecular weight is 265 g/mol. The van der Waals surface area contributed by atoms with E-state index in [1.807, 2.05) is 6.07 Å². The van der Waals surface area contributed by atoms with Gasteiger partial charge in [-0.15, -0.1) is 0 Å². The zero-order valence-electron chi connectivity index (χ0n) is 12.7. The third-order valence-corrected chi connectivity index (χ3v) is 3.42. The molecule has 3 N–H and O–H groups in total. The normalized spacial score (nSPS) is 14.6. The van der Waals surface area contributed by atoms with Gasteiger partial charge in [-0.1, -0.05) is 20.8 Å². The monoisotopic (exact) mass is 265 g/mol. The minimum atomic E-state index is 0.0803. The number of hydrogen-bond donors (Lipinski definition) is 2. The predicted octanol–water partition coefficient (Wildman–Crippen LogP) is 2.68. The summed E-state index contributed by atoms with van der Waals surface area (Å²) >= 11 is 0. The number of anilines is 1. The lowest BCUT2D eigenvalue weighted by molar-refractivity contribution is 0.0326. The third kappa shape index (κ3) is 3.91. The highest BCUT2D eigenvalue weighted by Gasteiger charge is 2.28. The number of nitrogen functional groups attached to an aromatic ring is 1. The topological polar surface area (TPSA) is 60.2 Å². The average Bonchev–Trinajstić information content (AvgIpc) is 2.35. The Balaban J connectivity index is 3.15. The van der Waals surface area contributed by atoms with Crippen molar-refractivity contribution in [3.8, 4) is 0 Å². The molecule has 0 fully saturated rings. The maximum Gasteiger partial charge on any atom is 0.128 e. The van der Waals surface area contributed by atoms with Crippen molar-refractivity contribution in [3.05, 3.63) is 23.4 Å². The molecule has 0 radical (unpaired) electrons. The maximum atomic E-state index is 6.08. The molecule has 0 aromatic carbocycles. The Bertz CT molecular complexity index is 373. The van der Waals surface area contributed by atoms with Gasteiger partial charge in [0.15, 0.2) is 0 Å². The van der Waals surface area contributed by atoms with Crippen molar-refractivity contribution in [3.63, 3.8) is 0 Å². The number of ether oxygens (including phenoxy) is 1. The number of hydrogen-bond acceptors (Lipinski definition) is 4. The van der Waals surface area contributed by atoms with Crippen molar-refractivity contribution in [2.45, 2.75) is 46.3 Å². The Labute approximate surface area is 116 Å². The highest BCUT2D eigenvalue weighted by atomic mass is 16.5. The number of nitrogens with zero attached hydrogens (tertiary/aromatic N) is 1. The highest BCUT2D eigenvalue weighted by molar-refractivity contribution is 5.46. The summed E-state index contributed by atoms with van der Waals surface area (Å²) in [6, 6.07) is 2.08. The fourth-order valence-corrected chi connectivity index (χ4v) is 2.47. The molecule has 4 nitrogen and oxygen atoms in total. The number of aromatic nitrogens is 1. The van der Waals surface area contributed by atoms with E-state index in [0.29, 0.717) is 11.7 Å². The lowest BCUT2D eigenvalue weighted by Crippen LogP contribution is -2.38. The van der Waals surface area contributed by atoms with Gasteiger partial charge in [-0.25, -0.2) is 4.98 Å². The van der Waals surface area contributed by atoms with Crippen molar-refractivity contribution in [1.82, 2.24) is 10.3 Å². The van der Waals surface area contributed by atoms with Crippen LogP contribution in [-0.2, 0) is 4.74 Å². The van der Waals surface area contributed by atoms with Gasteiger partial charge < -0.3 is 15.8 Å². The fourth-order valence-electron chi connectivity index (χ4n) is 2.47. The summed E-state index contributed by atoms with van der Waals surface area (Å²) in [5, 5.41) is 3.55. The summed E-state index contributed by atoms with van der Waals surface area (Å²) in [5.41, 5.74) is 8.30. The van der Waals surface area contributed by atoms with Crippen LogP contribution in [0.1, 0.15) is 44.4 Å². The van der Waals surface area contributed by atoms with E-state index in [9.17, 15) is 0 Å². The van der Waals surface area contributed by atoms with Gasteiger partial charge in [0.25, 0.3) is 0 Å². The van der Waals surface area contributed by atoms with Gasteiger partial charge in [-0.05, 0) is 37.4 Å². The number of nitrogens with one attached hydrogen (secondary N) is 1. The van der Waals surface area contributed by atoms with E-state index in [4.69, 9.17) is 10.5 Å². The summed E-state index contributed by atoms with van der Waals surface area (Å²) in [4.78, 5) is 4.23. The summed E-state index contributed by atoms with van der Waals surface area (Å²) in [6.45, 7) is 9.49. The number of rotatable bonds is 7. The molecule has 0 saturated carbocycles. The first-order chi connectivity index (χ1) is 9.02. The van der Waals surface area contributed by atoms with Gasteiger partial charge >= 0.3 is 0 Å². The minimum absolute atomic E-state index is 0.0803. The molecule has 1 rings (SSSR count). The predicted molar refractivity (Wildman–Crippen MR) is 80.1 cm³/mol. The van der Waals surface area contributed by atoms with Crippen LogP contribution >= 0.6 is 0 Å². The van der Waals surface area contributed by atoms with Crippen LogP contribution in [0.4, 0.5) is 5.82 Å². The lowest BCUT2D eigenvalue weighted by Gasteiger charge is -2.31. The van der Waals surface area contributed by atoms with E-state index in [1.165, 1.54) is 0 Å². The minimum Gasteiger partial charge on any atom is -0.383 e. The molecular weight excluding hydrogens is 238 g/mol. The van der Waals surface area contributed by atoms with Crippen LogP contribution in [-0.4, -0.2) is 24.7 Å². The Kier molecular flexibility index (Phi) is 6.25. The third-order valence-electron chi connectivity index (χ3n) is 3.42. The summed E-state index contributed by atoms with van der Waals surface area (Å²) < 4.78 is 5.69. The molecule has 4 heteroatoms. The van der Waals surface area contributed by atoms with E-state index >= 15 is 0 Å². The number of pyridine rings is 1. The zero-order valence-corrected chi connectivity index (χ0v) is 12.7. The van der Waals surface area contributed by atoms with Gasteiger partial charge in [0.05, 0.1) is 12.1 Å². The van der Waals surface area contributed by atoms with E-state index in [0.717, 1.165) is 24.1 Å². The first-order valence-corrected chi connectivity index (χ1v) is 7.00. The molecule has 2 atom stereocenters. The van der Waals surface area contributed by atoms with Crippen LogP contribution in [0.25, 0.3) is 0 Å². The van der Waals surface area contributed by atoms with Crippen LogP contribution in [0.3, 0.4) is 0 Å². The van der Waals surface area contributed by atoms with Gasteiger partial charge in [0, 0.05) is 18.9 Å². The molecule has 108 valence electrons. The van der Waals surface area contributed by atoms with E-state index < -0.39 is 0 Å². The van der Waals surface area contributed by atoms with Gasteiger partial charge in [0.2, 0.25) is 0 Å². The highest BCUT2D eigenvalue weighted by Crippen LogP contribution is 2.29. The quantitative estimate of drug-likeness (QED) is 0.795. The zero-order chi connectivity index (χ0) is 14.4. The molecule has 0 amide bonds. The Morgan fingerprint density at radius 1 is 1.42 bits per heavy atom. The molecule has 0 aliphatic rings. The summed E-state index contributed by atoms with van der Waals surface area (Å²) in [7, 11) is 1.76. The lowest BCUT2D eigenvalue weighted by atomic mass is 9.91. The van der Waals surface area contributed by atoms with Crippen LogP contribution in [0.2, 0.25) is 0 Å². The molecule has 1 heterocycles. The first kappa shape index (κ1) is 15.9. The molecule has 0 bridgehead atoms.